The van der Waals surface area contributed by atoms with E-state index in [0.717, 1.165) is 39.6 Å². The second-order valence-corrected chi connectivity index (χ2v) is 7.62. The second kappa shape index (κ2) is 6.10. The van der Waals surface area contributed by atoms with Crippen LogP contribution < -0.4 is 14.8 Å². The van der Waals surface area contributed by atoms with Gasteiger partial charge in [-0.2, -0.15) is 5.10 Å². The molecule has 0 saturated heterocycles. The van der Waals surface area contributed by atoms with Gasteiger partial charge in [-0.05, 0) is 42.0 Å². The lowest BCUT2D eigenvalue weighted by atomic mass is 9.92. The number of anilines is 1. The second-order valence-electron chi connectivity index (χ2n) is 7.62. The summed E-state index contributed by atoms with van der Waals surface area (Å²) in [6.07, 6.45) is 0.684. The van der Waals surface area contributed by atoms with Crippen LogP contribution in [0.4, 0.5) is 5.69 Å². The van der Waals surface area contributed by atoms with Crippen molar-refractivity contribution in [3.63, 3.8) is 0 Å². The van der Waals surface area contributed by atoms with E-state index >= 15 is 0 Å². The lowest BCUT2D eigenvalue weighted by Gasteiger charge is -2.43. The van der Waals surface area contributed by atoms with Gasteiger partial charge in [0.25, 0.3) is 5.91 Å². The Hall–Kier alpha value is -3.80. The number of carbonyl (C=O) groups excluding carboxylic acids is 1. The number of rotatable bonds is 2. The molecule has 0 unspecified atom stereocenters. The summed E-state index contributed by atoms with van der Waals surface area (Å²) in [6.45, 7) is 0. The number of para-hydroxylation sites is 2. The molecule has 0 aliphatic carbocycles. The summed E-state index contributed by atoms with van der Waals surface area (Å²) >= 11 is 0. The van der Waals surface area contributed by atoms with Crippen LogP contribution in [0.2, 0.25) is 0 Å². The Balaban J connectivity index is 1.53. The maximum Gasteiger partial charge on any atom is 0.306 e. The molecule has 0 radical (unpaired) electrons. The van der Waals surface area contributed by atoms with E-state index in [1.54, 1.807) is 7.11 Å². The first-order chi connectivity index (χ1) is 14.7. The Morgan fingerprint density at radius 1 is 1.07 bits per heavy atom. The number of benzene rings is 3. The molecule has 0 aromatic heterocycles. The number of nitrogens with one attached hydrogen (secondary N) is 1. The standard InChI is InChI=1S/C24H19N3O3/c1-29-16-12-10-15(11-13-16)20-14-21-17-6-2-5-9-22(17)30-24(27(21)26-20)18-7-3-4-8-19(18)25-23(24)28/h2-13,21H,14H2,1H3,(H,25,28)/t21-,24+/m0/s1. The van der Waals surface area contributed by atoms with Gasteiger partial charge >= 0.3 is 5.72 Å². The van der Waals surface area contributed by atoms with Gasteiger partial charge in [0.15, 0.2) is 0 Å². The van der Waals surface area contributed by atoms with Crippen LogP contribution in [0.25, 0.3) is 0 Å². The molecule has 3 aromatic carbocycles. The third kappa shape index (κ3) is 2.19. The van der Waals surface area contributed by atoms with Crippen LogP contribution in [-0.4, -0.2) is 23.7 Å². The van der Waals surface area contributed by atoms with Crippen LogP contribution in [0.3, 0.4) is 0 Å². The number of carbonyl (C=O) groups is 1. The number of nitrogens with zero attached hydrogens (tertiary/aromatic N) is 2. The fraction of sp³-hybridized carbons (Fsp3) is 0.167. The van der Waals surface area contributed by atoms with Crippen LogP contribution in [0, 0.1) is 0 Å². The van der Waals surface area contributed by atoms with Gasteiger partial charge in [0.1, 0.15) is 11.5 Å². The fourth-order valence-corrected chi connectivity index (χ4v) is 4.60. The molecule has 0 saturated carbocycles. The van der Waals surface area contributed by atoms with Crippen LogP contribution in [0.15, 0.2) is 77.9 Å². The number of hydrogen-bond acceptors (Lipinski definition) is 5. The predicted octanol–water partition coefficient (Wildman–Crippen LogP) is 4.04. The van der Waals surface area contributed by atoms with E-state index < -0.39 is 5.72 Å². The highest BCUT2D eigenvalue weighted by Crippen LogP contribution is 2.53. The number of fused-ring (bicyclic) bond motifs is 6. The monoisotopic (exact) mass is 397 g/mol. The zero-order chi connectivity index (χ0) is 20.3. The van der Waals surface area contributed by atoms with E-state index in [9.17, 15) is 4.79 Å². The van der Waals surface area contributed by atoms with Crippen molar-refractivity contribution in [2.45, 2.75) is 18.2 Å². The van der Waals surface area contributed by atoms with Crippen LogP contribution in [0.1, 0.15) is 29.2 Å². The van der Waals surface area contributed by atoms with Crippen molar-refractivity contribution in [3.8, 4) is 11.5 Å². The van der Waals surface area contributed by atoms with Crippen molar-refractivity contribution >= 4 is 17.3 Å². The predicted molar refractivity (Wildman–Crippen MR) is 113 cm³/mol. The minimum atomic E-state index is -1.32. The number of ether oxygens (including phenoxy) is 2. The first-order valence-corrected chi connectivity index (χ1v) is 9.91. The van der Waals surface area contributed by atoms with Crippen LogP contribution in [-0.2, 0) is 10.5 Å². The van der Waals surface area contributed by atoms with E-state index in [-0.39, 0.29) is 11.9 Å². The van der Waals surface area contributed by atoms with Gasteiger partial charge in [-0.25, -0.2) is 5.01 Å². The normalized spacial score (nSPS) is 23.2. The lowest BCUT2D eigenvalue weighted by molar-refractivity contribution is -0.161. The summed E-state index contributed by atoms with van der Waals surface area (Å²) in [5, 5.41) is 9.77. The molecule has 148 valence electrons. The zero-order valence-corrected chi connectivity index (χ0v) is 16.3. The summed E-state index contributed by atoms with van der Waals surface area (Å²) in [7, 11) is 1.65. The number of hydrazone groups is 1. The smallest absolute Gasteiger partial charge is 0.306 e. The van der Waals surface area contributed by atoms with Crippen molar-refractivity contribution in [2.24, 2.45) is 5.10 Å². The van der Waals surface area contributed by atoms with Crippen molar-refractivity contribution in [1.29, 1.82) is 0 Å². The van der Waals surface area contributed by atoms with Crippen molar-refractivity contribution in [2.75, 3.05) is 12.4 Å². The maximum absolute atomic E-state index is 13.3. The minimum Gasteiger partial charge on any atom is -0.497 e. The van der Waals surface area contributed by atoms with Gasteiger partial charge in [-0.3, -0.25) is 4.79 Å². The Morgan fingerprint density at radius 3 is 2.67 bits per heavy atom. The molecular formula is C24H19N3O3. The molecule has 3 heterocycles. The molecular weight excluding hydrogens is 378 g/mol. The molecule has 2 atom stereocenters. The minimum absolute atomic E-state index is 0.0936. The molecule has 6 rings (SSSR count). The Morgan fingerprint density at radius 2 is 1.83 bits per heavy atom. The number of amides is 1. The highest BCUT2D eigenvalue weighted by Gasteiger charge is 2.60. The largest absolute Gasteiger partial charge is 0.497 e. The van der Waals surface area contributed by atoms with Crippen LogP contribution in [0.5, 0.6) is 11.5 Å². The summed E-state index contributed by atoms with van der Waals surface area (Å²) in [5.41, 5.74) is 3.18. The molecule has 3 aliphatic rings. The lowest BCUT2D eigenvalue weighted by Crippen LogP contribution is -2.55. The SMILES string of the molecule is COc1ccc(C2=NN3[C@@H](C2)c2ccccc2O[C@]32C(=O)Nc3ccccc32)cc1. The maximum atomic E-state index is 13.3. The molecule has 30 heavy (non-hydrogen) atoms. The topological polar surface area (TPSA) is 63.2 Å². The first-order valence-electron chi connectivity index (χ1n) is 9.91. The molecule has 1 N–H and O–H groups in total. The molecule has 6 nitrogen and oxygen atoms in total. The average molecular weight is 397 g/mol. The van der Waals surface area contributed by atoms with Crippen molar-refractivity contribution in [1.82, 2.24) is 5.01 Å². The van der Waals surface area contributed by atoms with Gasteiger partial charge in [0, 0.05) is 12.0 Å². The molecule has 1 amide bonds. The molecule has 0 fully saturated rings. The summed E-state index contributed by atoms with van der Waals surface area (Å²) in [4.78, 5) is 13.3. The van der Waals surface area contributed by atoms with Gasteiger partial charge in [-0.15, -0.1) is 0 Å². The third-order valence-electron chi connectivity index (χ3n) is 6.04. The van der Waals surface area contributed by atoms with E-state index in [2.05, 4.69) is 5.32 Å². The Kier molecular flexibility index (Phi) is 3.47. The van der Waals surface area contributed by atoms with E-state index in [4.69, 9.17) is 14.6 Å². The summed E-state index contributed by atoms with van der Waals surface area (Å²) in [6, 6.07) is 23.3. The molecule has 3 aromatic rings. The zero-order valence-electron chi connectivity index (χ0n) is 16.3. The third-order valence-corrected chi connectivity index (χ3v) is 6.04. The molecule has 3 aliphatic heterocycles. The highest BCUT2D eigenvalue weighted by molar-refractivity contribution is 6.07. The van der Waals surface area contributed by atoms with Gasteiger partial charge in [-0.1, -0.05) is 36.4 Å². The van der Waals surface area contributed by atoms with Gasteiger partial charge in [0.2, 0.25) is 0 Å². The van der Waals surface area contributed by atoms with E-state index in [1.807, 2.05) is 77.8 Å². The highest BCUT2D eigenvalue weighted by atomic mass is 16.5. The van der Waals surface area contributed by atoms with Gasteiger partial charge < -0.3 is 14.8 Å². The quantitative estimate of drug-likeness (QED) is 0.709. The van der Waals surface area contributed by atoms with E-state index in [1.165, 1.54) is 0 Å². The fourth-order valence-electron chi connectivity index (χ4n) is 4.60. The van der Waals surface area contributed by atoms with Crippen LogP contribution >= 0.6 is 0 Å². The number of methoxy groups -OCH3 is 1. The molecule has 0 bridgehead atoms. The average Bonchev–Trinajstić information content (AvgIpc) is 3.35. The Labute approximate surface area is 173 Å². The van der Waals surface area contributed by atoms with Gasteiger partial charge in [0.05, 0.1) is 30.1 Å². The van der Waals surface area contributed by atoms with Crippen molar-refractivity contribution < 1.29 is 14.3 Å². The Bertz CT molecular complexity index is 1200. The number of hydrogen-bond donors (Lipinski definition) is 1. The molecule has 1 spiro atoms. The summed E-state index contributed by atoms with van der Waals surface area (Å²) in [5.74, 6) is 1.30. The molecule has 6 heteroatoms. The first kappa shape index (κ1) is 17.1. The van der Waals surface area contributed by atoms with Crippen molar-refractivity contribution in [3.05, 3.63) is 89.5 Å². The summed E-state index contributed by atoms with van der Waals surface area (Å²) < 4.78 is 11.7. The van der Waals surface area contributed by atoms with E-state index in [0.29, 0.717) is 6.42 Å².